The van der Waals surface area contributed by atoms with Gasteiger partial charge in [-0.2, -0.15) is 0 Å². The highest BCUT2D eigenvalue weighted by molar-refractivity contribution is 5.44. The summed E-state index contributed by atoms with van der Waals surface area (Å²) in [7, 11) is 0. The fraction of sp³-hybridized carbons (Fsp3) is 0.750. The van der Waals surface area contributed by atoms with Crippen LogP contribution in [0.5, 0.6) is 0 Å². The molecule has 0 amide bonds. The number of hydrogen-bond acceptors (Lipinski definition) is 2. The van der Waals surface area contributed by atoms with Crippen LogP contribution in [0.1, 0.15) is 58.8 Å². The summed E-state index contributed by atoms with van der Waals surface area (Å²) < 4.78 is 6.13. The molecule has 0 aromatic carbocycles. The summed E-state index contributed by atoms with van der Waals surface area (Å²) in [5.74, 6) is 1.23. The third-order valence-electron chi connectivity index (χ3n) is 5.15. The predicted molar refractivity (Wildman–Crippen MR) is 72.1 cm³/mol. The van der Waals surface area contributed by atoms with Crippen molar-refractivity contribution in [1.29, 1.82) is 0 Å². The Morgan fingerprint density at radius 3 is 3.00 bits per heavy atom. The summed E-state index contributed by atoms with van der Waals surface area (Å²) >= 11 is 0. The molecule has 2 nitrogen and oxygen atoms in total. The molecule has 3 rings (SSSR count). The second kappa shape index (κ2) is 4.41. The maximum Gasteiger partial charge on any atom is 0.0999 e. The van der Waals surface area contributed by atoms with E-state index in [1.807, 2.05) is 0 Å². The first kappa shape index (κ1) is 12.3. The molecule has 3 unspecified atom stereocenters. The smallest absolute Gasteiger partial charge is 0.0999 e. The van der Waals surface area contributed by atoms with E-state index in [0.29, 0.717) is 6.10 Å². The van der Waals surface area contributed by atoms with Crippen LogP contribution in [0.2, 0.25) is 0 Å². The van der Waals surface area contributed by atoms with Gasteiger partial charge in [-0.15, -0.1) is 0 Å². The normalized spacial score (nSPS) is 39.6. The maximum absolute atomic E-state index is 10.3. The molecule has 2 heteroatoms. The minimum atomic E-state index is -0.171. The minimum Gasteiger partial charge on any atom is -0.494 e. The third kappa shape index (κ3) is 1.73. The number of allylic oxidation sites excluding steroid dienone is 3. The monoisotopic (exact) mass is 248 g/mol. The van der Waals surface area contributed by atoms with E-state index in [-0.39, 0.29) is 11.5 Å². The molecule has 0 aromatic heterocycles. The lowest BCUT2D eigenvalue weighted by Crippen LogP contribution is -2.41. The van der Waals surface area contributed by atoms with E-state index in [1.165, 1.54) is 16.9 Å². The highest BCUT2D eigenvalue weighted by Crippen LogP contribution is 2.52. The first-order chi connectivity index (χ1) is 8.65. The van der Waals surface area contributed by atoms with Crippen LogP contribution >= 0.6 is 0 Å². The average molecular weight is 248 g/mol. The molecule has 3 atom stereocenters. The highest BCUT2D eigenvalue weighted by Gasteiger charge is 2.44. The molecule has 0 bridgehead atoms. The van der Waals surface area contributed by atoms with Crippen molar-refractivity contribution in [2.75, 3.05) is 0 Å². The zero-order valence-corrected chi connectivity index (χ0v) is 11.5. The van der Waals surface area contributed by atoms with E-state index in [9.17, 15) is 5.11 Å². The van der Waals surface area contributed by atoms with E-state index in [2.05, 4.69) is 19.9 Å². The van der Waals surface area contributed by atoms with Gasteiger partial charge < -0.3 is 9.84 Å². The molecule has 100 valence electrons. The molecule has 0 spiro atoms. The van der Waals surface area contributed by atoms with Crippen LogP contribution in [0.25, 0.3) is 0 Å². The highest BCUT2D eigenvalue weighted by atomic mass is 16.5. The Labute approximate surface area is 110 Å². The topological polar surface area (TPSA) is 29.5 Å². The zero-order chi connectivity index (χ0) is 12.8. The van der Waals surface area contributed by atoms with E-state index < -0.39 is 0 Å². The van der Waals surface area contributed by atoms with E-state index in [0.717, 1.165) is 44.9 Å². The van der Waals surface area contributed by atoms with E-state index in [4.69, 9.17) is 4.74 Å². The first-order valence-electron chi connectivity index (χ1n) is 7.43. The summed E-state index contributed by atoms with van der Waals surface area (Å²) in [4.78, 5) is 0. The second-order valence-corrected chi connectivity index (χ2v) is 6.22. The standard InChI is InChI=1S/C16H24O2/c1-3-11-7-8-12-13-5-4-6-15(17)16(13,2)10-9-14(12)18-11/h5,11,15,17H,3-4,6-10H2,1-2H3. The number of fused-ring (bicyclic) bond motifs is 2. The molecule has 3 aliphatic rings. The molecular weight excluding hydrogens is 224 g/mol. The van der Waals surface area contributed by atoms with Crippen molar-refractivity contribution in [2.45, 2.75) is 71.0 Å². The Morgan fingerprint density at radius 2 is 2.22 bits per heavy atom. The van der Waals surface area contributed by atoms with Gasteiger partial charge in [0.15, 0.2) is 0 Å². The van der Waals surface area contributed by atoms with Crippen LogP contribution in [0.3, 0.4) is 0 Å². The van der Waals surface area contributed by atoms with Gasteiger partial charge in [0.2, 0.25) is 0 Å². The molecule has 2 aliphatic carbocycles. The van der Waals surface area contributed by atoms with Crippen LogP contribution in [0.4, 0.5) is 0 Å². The Morgan fingerprint density at radius 1 is 1.39 bits per heavy atom. The Hall–Kier alpha value is -0.760. The van der Waals surface area contributed by atoms with Crippen molar-refractivity contribution in [3.63, 3.8) is 0 Å². The summed E-state index contributed by atoms with van der Waals surface area (Å²) in [6.07, 6.45) is 9.97. The van der Waals surface area contributed by atoms with Gasteiger partial charge in [0.05, 0.1) is 18.0 Å². The van der Waals surface area contributed by atoms with Gasteiger partial charge >= 0.3 is 0 Å². The van der Waals surface area contributed by atoms with Gasteiger partial charge in [0, 0.05) is 11.8 Å². The largest absolute Gasteiger partial charge is 0.494 e. The molecule has 0 saturated carbocycles. The van der Waals surface area contributed by atoms with Gasteiger partial charge in [-0.05, 0) is 49.7 Å². The average Bonchev–Trinajstić information content (AvgIpc) is 2.40. The fourth-order valence-corrected chi connectivity index (χ4v) is 3.82. The van der Waals surface area contributed by atoms with Crippen molar-refractivity contribution < 1.29 is 9.84 Å². The lowest BCUT2D eigenvalue weighted by atomic mass is 9.63. The third-order valence-corrected chi connectivity index (χ3v) is 5.15. The van der Waals surface area contributed by atoms with Gasteiger partial charge in [0.1, 0.15) is 0 Å². The van der Waals surface area contributed by atoms with Gasteiger partial charge in [-0.3, -0.25) is 0 Å². The van der Waals surface area contributed by atoms with Crippen LogP contribution in [-0.2, 0) is 4.74 Å². The van der Waals surface area contributed by atoms with Gasteiger partial charge in [0.25, 0.3) is 0 Å². The number of aliphatic hydroxyl groups excluding tert-OH is 1. The molecule has 0 aromatic rings. The SMILES string of the molecule is CCC1CCC2=C(CCC3(C)C2=CCCC3O)O1. The summed E-state index contributed by atoms with van der Waals surface area (Å²) in [5.41, 5.74) is 2.81. The maximum atomic E-state index is 10.3. The van der Waals surface area contributed by atoms with E-state index >= 15 is 0 Å². The molecule has 1 heterocycles. The van der Waals surface area contributed by atoms with Crippen LogP contribution in [0, 0.1) is 5.41 Å². The molecular formula is C16H24O2. The summed E-state index contributed by atoms with van der Waals surface area (Å²) in [5, 5.41) is 10.3. The van der Waals surface area contributed by atoms with Crippen LogP contribution < -0.4 is 0 Å². The van der Waals surface area contributed by atoms with Crippen molar-refractivity contribution >= 4 is 0 Å². The van der Waals surface area contributed by atoms with Crippen LogP contribution in [0.15, 0.2) is 23.0 Å². The van der Waals surface area contributed by atoms with Crippen molar-refractivity contribution in [3.8, 4) is 0 Å². The number of aliphatic hydroxyl groups is 1. The quantitative estimate of drug-likeness (QED) is 0.766. The predicted octanol–water partition coefficient (Wildman–Crippen LogP) is 3.71. The number of rotatable bonds is 1. The lowest BCUT2D eigenvalue weighted by molar-refractivity contribution is 0.0207. The summed E-state index contributed by atoms with van der Waals surface area (Å²) in [6, 6.07) is 0. The molecule has 0 fully saturated rings. The molecule has 1 N–H and O–H groups in total. The minimum absolute atomic E-state index is 0.0144. The van der Waals surface area contributed by atoms with Gasteiger partial charge in [-0.1, -0.05) is 19.9 Å². The summed E-state index contributed by atoms with van der Waals surface area (Å²) in [6.45, 7) is 4.44. The number of ether oxygens (including phenoxy) is 1. The number of hydrogen-bond donors (Lipinski definition) is 1. The fourth-order valence-electron chi connectivity index (χ4n) is 3.82. The van der Waals surface area contributed by atoms with Crippen molar-refractivity contribution in [3.05, 3.63) is 23.0 Å². The van der Waals surface area contributed by atoms with Crippen molar-refractivity contribution in [1.82, 2.24) is 0 Å². The Balaban J connectivity index is 1.96. The van der Waals surface area contributed by atoms with E-state index in [1.54, 1.807) is 0 Å². The molecule has 0 saturated heterocycles. The molecule has 0 radical (unpaired) electrons. The van der Waals surface area contributed by atoms with Crippen LogP contribution in [-0.4, -0.2) is 17.3 Å². The Kier molecular flexibility index (Phi) is 3.01. The zero-order valence-electron chi connectivity index (χ0n) is 11.5. The van der Waals surface area contributed by atoms with Crippen molar-refractivity contribution in [2.24, 2.45) is 5.41 Å². The lowest BCUT2D eigenvalue weighted by Gasteiger charge is -2.46. The Bertz CT molecular complexity index is 407. The van der Waals surface area contributed by atoms with Gasteiger partial charge in [-0.25, -0.2) is 0 Å². The molecule has 18 heavy (non-hydrogen) atoms. The first-order valence-corrected chi connectivity index (χ1v) is 7.43. The second-order valence-electron chi connectivity index (χ2n) is 6.22. The molecule has 1 aliphatic heterocycles.